The molecule has 108 valence electrons. The molecule has 3 heteroatoms. The van der Waals surface area contributed by atoms with E-state index in [2.05, 4.69) is 0 Å². The highest BCUT2D eigenvalue weighted by Gasteiger charge is 2.24. The molecule has 0 bridgehead atoms. The van der Waals surface area contributed by atoms with Crippen LogP contribution in [0.5, 0.6) is 0 Å². The van der Waals surface area contributed by atoms with Crippen molar-refractivity contribution in [3.63, 3.8) is 0 Å². The van der Waals surface area contributed by atoms with Crippen molar-refractivity contribution in [2.24, 2.45) is 0 Å². The van der Waals surface area contributed by atoms with Crippen molar-refractivity contribution in [2.75, 3.05) is 0 Å². The molecule has 2 aromatic rings. The van der Waals surface area contributed by atoms with Crippen molar-refractivity contribution in [2.45, 2.75) is 26.9 Å². The van der Waals surface area contributed by atoms with Gasteiger partial charge in [-0.15, -0.1) is 0 Å². The Morgan fingerprint density at radius 2 is 1.33 bits per heavy atom. The van der Waals surface area contributed by atoms with Crippen molar-refractivity contribution in [3.05, 3.63) is 70.8 Å². The average Bonchev–Trinajstić information content (AvgIpc) is 2.46. The number of esters is 1. The number of rotatable bonds is 4. The SMILES string of the molecule is CC(=O)OC(C(=O)c1ccc(C)cc1)c1ccc(C)cc1. The average molecular weight is 282 g/mol. The van der Waals surface area contributed by atoms with Crippen molar-refractivity contribution in [1.82, 2.24) is 0 Å². The van der Waals surface area contributed by atoms with Crippen LogP contribution in [0.15, 0.2) is 48.5 Å². The molecule has 2 aromatic carbocycles. The van der Waals surface area contributed by atoms with Gasteiger partial charge in [-0.1, -0.05) is 59.7 Å². The highest BCUT2D eigenvalue weighted by Crippen LogP contribution is 2.23. The maximum absolute atomic E-state index is 12.6. The third kappa shape index (κ3) is 3.78. The van der Waals surface area contributed by atoms with Crippen LogP contribution in [0.2, 0.25) is 0 Å². The molecule has 3 nitrogen and oxygen atoms in total. The van der Waals surface area contributed by atoms with Gasteiger partial charge in [-0.3, -0.25) is 9.59 Å². The number of Topliss-reactive ketones (excluding diaryl/α,β-unsaturated/α-hetero) is 1. The summed E-state index contributed by atoms with van der Waals surface area (Å²) in [6.07, 6.45) is -0.897. The van der Waals surface area contributed by atoms with Crippen molar-refractivity contribution >= 4 is 11.8 Å². The Morgan fingerprint density at radius 1 is 0.857 bits per heavy atom. The zero-order valence-corrected chi connectivity index (χ0v) is 12.4. The Morgan fingerprint density at radius 3 is 1.81 bits per heavy atom. The smallest absolute Gasteiger partial charge is 0.303 e. The first-order valence-corrected chi connectivity index (χ1v) is 6.82. The van der Waals surface area contributed by atoms with Crippen LogP contribution in [0.3, 0.4) is 0 Å². The van der Waals surface area contributed by atoms with Crippen LogP contribution in [0.4, 0.5) is 0 Å². The van der Waals surface area contributed by atoms with Gasteiger partial charge in [0.25, 0.3) is 0 Å². The topological polar surface area (TPSA) is 43.4 Å². The molecule has 0 spiro atoms. The quantitative estimate of drug-likeness (QED) is 0.633. The standard InChI is InChI=1S/C18H18O3/c1-12-4-8-15(9-5-12)17(20)18(21-14(3)19)16-10-6-13(2)7-11-16/h4-11,18H,1-3H3. The Labute approximate surface area is 124 Å². The number of hydrogen-bond donors (Lipinski definition) is 0. The zero-order chi connectivity index (χ0) is 15.4. The first kappa shape index (κ1) is 15.0. The molecule has 0 aliphatic heterocycles. The minimum Gasteiger partial charge on any atom is -0.449 e. The number of carbonyl (C=O) groups excluding carboxylic acids is 2. The van der Waals surface area contributed by atoms with E-state index in [9.17, 15) is 9.59 Å². The van der Waals surface area contributed by atoms with Gasteiger partial charge in [-0.2, -0.15) is 0 Å². The maximum atomic E-state index is 12.6. The van der Waals surface area contributed by atoms with E-state index < -0.39 is 12.1 Å². The van der Waals surface area contributed by atoms with E-state index in [1.54, 1.807) is 12.1 Å². The molecule has 0 fully saturated rings. The first-order chi connectivity index (χ1) is 9.97. The molecule has 0 saturated heterocycles. The Hall–Kier alpha value is -2.42. The van der Waals surface area contributed by atoms with E-state index in [0.717, 1.165) is 11.1 Å². The third-order valence-corrected chi connectivity index (χ3v) is 3.24. The summed E-state index contributed by atoms with van der Waals surface area (Å²) in [7, 11) is 0. The van der Waals surface area contributed by atoms with E-state index in [-0.39, 0.29) is 5.78 Å². The number of benzene rings is 2. The van der Waals surface area contributed by atoms with Gasteiger partial charge in [0.1, 0.15) is 0 Å². The fourth-order valence-corrected chi connectivity index (χ4v) is 2.05. The predicted octanol–water partition coefficient (Wildman–Crippen LogP) is 3.79. The third-order valence-electron chi connectivity index (χ3n) is 3.24. The summed E-state index contributed by atoms with van der Waals surface area (Å²) in [5, 5.41) is 0. The molecule has 2 rings (SSSR count). The van der Waals surface area contributed by atoms with Crippen LogP contribution in [0.1, 0.15) is 40.1 Å². The normalized spacial score (nSPS) is 11.8. The van der Waals surface area contributed by atoms with Crippen LogP contribution in [-0.4, -0.2) is 11.8 Å². The molecular weight excluding hydrogens is 264 g/mol. The number of hydrogen-bond acceptors (Lipinski definition) is 3. The van der Waals surface area contributed by atoms with E-state index in [1.807, 2.05) is 50.2 Å². The Bertz CT molecular complexity index is 639. The summed E-state index contributed by atoms with van der Waals surface area (Å²) in [4.78, 5) is 23.9. The number of aryl methyl sites for hydroxylation is 2. The summed E-state index contributed by atoms with van der Waals surface area (Å²) >= 11 is 0. The molecule has 0 saturated carbocycles. The van der Waals surface area contributed by atoms with Gasteiger partial charge in [0, 0.05) is 18.1 Å². The predicted molar refractivity (Wildman–Crippen MR) is 81.2 cm³/mol. The van der Waals surface area contributed by atoms with Crippen LogP contribution < -0.4 is 0 Å². The Balaban J connectivity index is 2.35. The molecule has 1 unspecified atom stereocenters. The highest BCUT2D eigenvalue weighted by molar-refractivity contribution is 6.00. The molecule has 0 amide bonds. The molecular formula is C18H18O3. The van der Waals surface area contributed by atoms with Gasteiger partial charge in [-0.05, 0) is 13.8 Å². The number of ether oxygens (including phenoxy) is 1. The van der Waals surface area contributed by atoms with Crippen LogP contribution >= 0.6 is 0 Å². The van der Waals surface area contributed by atoms with Crippen LogP contribution in [-0.2, 0) is 9.53 Å². The number of carbonyl (C=O) groups is 2. The molecule has 0 heterocycles. The minimum atomic E-state index is -0.897. The van der Waals surface area contributed by atoms with Gasteiger partial charge >= 0.3 is 5.97 Å². The second-order valence-corrected chi connectivity index (χ2v) is 5.13. The van der Waals surface area contributed by atoms with Gasteiger partial charge in [0.2, 0.25) is 5.78 Å². The van der Waals surface area contributed by atoms with E-state index in [1.165, 1.54) is 6.92 Å². The lowest BCUT2D eigenvalue weighted by atomic mass is 9.98. The fourth-order valence-electron chi connectivity index (χ4n) is 2.05. The lowest BCUT2D eigenvalue weighted by Crippen LogP contribution is -2.18. The molecule has 0 aromatic heterocycles. The second kappa shape index (κ2) is 6.35. The molecule has 1 atom stereocenters. The number of ketones is 1. The lowest BCUT2D eigenvalue weighted by Gasteiger charge is -2.16. The highest BCUT2D eigenvalue weighted by atomic mass is 16.5. The zero-order valence-electron chi connectivity index (χ0n) is 12.4. The fraction of sp³-hybridized carbons (Fsp3) is 0.222. The van der Waals surface area contributed by atoms with Gasteiger partial charge in [-0.25, -0.2) is 0 Å². The largest absolute Gasteiger partial charge is 0.449 e. The van der Waals surface area contributed by atoms with E-state index in [4.69, 9.17) is 4.74 Å². The van der Waals surface area contributed by atoms with E-state index in [0.29, 0.717) is 11.1 Å². The van der Waals surface area contributed by atoms with Gasteiger partial charge in [0.15, 0.2) is 6.10 Å². The van der Waals surface area contributed by atoms with Crippen molar-refractivity contribution < 1.29 is 14.3 Å². The van der Waals surface area contributed by atoms with Crippen LogP contribution in [0, 0.1) is 13.8 Å². The molecule has 0 aliphatic carbocycles. The van der Waals surface area contributed by atoms with Gasteiger partial charge in [0.05, 0.1) is 0 Å². The Kier molecular flexibility index (Phi) is 4.53. The molecule has 0 N–H and O–H groups in total. The van der Waals surface area contributed by atoms with Crippen molar-refractivity contribution in [3.8, 4) is 0 Å². The second-order valence-electron chi connectivity index (χ2n) is 5.13. The van der Waals surface area contributed by atoms with Gasteiger partial charge < -0.3 is 4.74 Å². The molecule has 0 aliphatic rings. The summed E-state index contributed by atoms with van der Waals surface area (Å²) in [5.41, 5.74) is 3.38. The summed E-state index contributed by atoms with van der Waals surface area (Å²) in [6, 6.07) is 14.7. The maximum Gasteiger partial charge on any atom is 0.303 e. The van der Waals surface area contributed by atoms with E-state index >= 15 is 0 Å². The molecule has 21 heavy (non-hydrogen) atoms. The lowest BCUT2D eigenvalue weighted by molar-refractivity contribution is -0.144. The van der Waals surface area contributed by atoms with Crippen molar-refractivity contribution in [1.29, 1.82) is 0 Å². The first-order valence-electron chi connectivity index (χ1n) is 6.82. The molecule has 0 radical (unpaired) electrons. The summed E-state index contributed by atoms with van der Waals surface area (Å²) in [6.45, 7) is 5.23. The summed E-state index contributed by atoms with van der Waals surface area (Å²) in [5.74, 6) is -0.685. The van der Waals surface area contributed by atoms with Crippen LogP contribution in [0.25, 0.3) is 0 Å². The summed E-state index contributed by atoms with van der Waals surface area (Å²) < 4.78 is 5.23. The minimum absolute atomic E-state index is 0.214. The monoisotopic (exact) mass is 282 g/mol.